The summed E-state index contributed by atoms with van der Waals surface area (Å²) in [4.78, 5) is 0. The molecule has 0 atom stereocenters. The molecule has 0 amide bonds. The van der Waals surface area contributed by atoms with Crippen LogP contribution in [0.3, 0.4) is 0 Å². The summed E-state index contributed by atoms with van der Waals surface area (Å²) in [6, 6.07) is 6.11. The van der Waals surface area contributed by atoms with Gasteiger partial charge in [-0.15, -0.1) is 0 Å². The van der Waals surface area contributed by atoms with Crippen LogP contribution in [0.2, 0.25) is 0 Å². The first-order chi connectivity index (χ1) is 9.01. The second kappa shape index (κ2) is 6.41. The van der Waals surface area contributed by atoms with E-state index in [0.717, 1.165) is 31.4 Å². The van der Waals surface area contributed by atoms with Gasteiger partial charge in [-0.25, -0.2) is 0 Å². The molecule has 0 aliphatic heterocycles. The number of aryl methyl sites for hydroxylation is 2. The summed E-state index contributed by atoms with van der Waals surface area (Å²) in [5.41, 5.74) is 3.22. The molecule has 6 heteroatoms. The highest BCUT2D eigenvalue weighted by atomic mass is 79.9. The highest BCUT2D eigenvalue weighted by Crippen LogP contribution is 2.35. The third-order valence-electron chi connectivity index (χ3n) is 2.68. The van der Waals surface area contributed by atoms with Gasteiger partial charge in [0.2, 0.25) is 0 Å². The van der Waals surface area contributed by atoms with Crippen molar-refractivity contribution in [3.05, 3.63) is 44.1 Å². The van der Waals surface area contributed by atoms with Gasteiger partial charge >= 0.3 is 0 Å². The van der Waals surface area contributed by atoms with Gasteiger partial charge < -0.3 is 4.74 Å². The van der Waals surface area contributed by atoms with Crippen molar-refractivity contribution < 1.29 is 4.74 Å². The van der Waals surface area contributed by atoms with Crippen LogP contribution in [0.15, 0.2) is 27.1 Å². The zero-order valence-corrected chi connectivity index (χ0v) is 15.3. The molecule has 0 bridgehead atoms. The van der Waals surface area contributed by atoms with Gasteiger partial charge in [-0.3, -0.25) is 4.68 Å². The van der Waals surface area contributed by atoms with E-state index in [4.69, 9.17) is 4.74 Å². The minimum atomic E-state index is 0.488. The third-order valence-corrected chi connectivity index (χ3v) is 4.50. The van der Waals surface area contributed by atoms with Crippen LogP contribution >= 0.6 is 47.8 Å². The molecule has 0 N–H and O–H groups in total. The Morgan fingerprint density at radius 1 is 1.21 bits per heavy atom. The van der Waals surface area contributed by atoms with Crippen LogP contribution in [-0.4, -0.2) is 9.78 Å². The van der Waals surface area contributed by atoms with Crippen molar-refractivity contribution in [2.45, 2.75) is 18.9 Å². The van der Waals surface area contributed by atoms with Crippen molar-refractivity contribution >= 4 is 47.8 Å². The largest absolute Gasteiger partial charge is 0.485 e. The van der Waals surface area contributed by atoms with Crippen LogP contribution in [0.1, 0.15) is 17.0 Å². The second-order valence-corrected chi connectivity index (χ2v) is 6.48. The topological polar surface area (TPSA) is 27.1 Å². The second-order valence-electron chi connectivity index (χ2n) is 4.21. The minimum Gasteiger partial charge on any atom is -0.485 e. The molecule has 0 unspecified atom stereocenters. The third kappa shape index (κ3) is 3.61. The Morgan fingerprint density at radius 3 is 2.32 bits per heavy atom. The molecule has 102 valence electrons. The number of ether oxygens (including phenoxy) is 1. The zero-order chi connectivity index (χ0) is 14.0. The standard InChI is InChI=1S/C13H13Br3N2O/c1-8-3-10(18(2)17-8)7-19-13-11(15)4-9(6-14)5-12(13)16/h3-5H,6-7H2,1-2H3. The van der Waals surface area contributed by atoms with E-state index in [1.54, 1.807) is 0 Å². The number of hydrogen-bond acceptors (Lipinski definition) is 2. The van der Waals surface area contributed by atoms with Gasteiger partial charge in [0.15, 0.2) is 0 Å². The Kier molecular flexibility index (Phi) is 5.09. The average molecular weight is 453 g/mol. The first-order valence-corrected chi connectivity index (χ1v) is 8.38. The first kappa shape index (κ1) is 15.1. The van der Waals surface area contributed by atoms with Crippen LogP contribution in [0.4, 0.5) is 0 Å². The van der Waals surface area contributed by atoms with Gasteiger partial charge in [0.05, 0.1) is 20.3 Å². The Labute approximate surface area is 137 Å². The lowest BCUT2D eigenvalue weighted by atomic mass is 10.2. The van der Waals surface area contributed by atoms with Crippen LogP contribution in [0, 0.1) is 6.92 Å². The Balaban J connectivity index is 2.18. The predicted molar refractivity (Wildman–Crippen MR) is 86.8 cm³/mol. The summed E-state index contributed by atoms with van der Waals surface area (Å²) in [6.07, 6.45) is 0. The lowest BCUT2D eigenvalue weighted by molar-refractivity contribution is 0.291. The highest BCUT2D eigenvalue weighted by Gasteiger charge is 2.10. The molecule has 1 aromatic heterocycles. The quantitative estimate of drug-likeness (QED) is 0.627. The fraction of sp³-hybridized carbons (Fsp3) is 0.308. The summed E-state index contributed by atoms with van der Waals surface area (Å²) < 4.78 is 9.59. The molecular weight excluding hydrogens is 440 g/mol. The average Bonchev–Trinajstić information content (AvgIpc) is 2.66. The molecule has 3 nitrogen and oxygen atoms in total. The van der Waals surface area contributed by atoms with Crippen molar-refractivity contribution in [2.24, 2.45) is 7.05 Å². The molecule has 2 aromatic rings. The van der Waals surface area contributed by atoms with E-state index in [-0.39, 0.29) is 0 Å². The zero-order valence-electron chi connectivity index (χ0n) is 10.6. The molecule has 19 heavy (non-hydrogen) atoms. The lowest BCUT2D eigenvalue weighted by Gasteiger charge is -2.11. The molecule has 0 aliphatic rings. The van der Waals surface area contributed by atoms with E-state index >= 15 is 0 Å². The monoisotopic (exact) mass is 450 g/mol. The summed E-state index contributed by atoms with van der Waals surface area (Å²) >= 11 is 10.5. The molecular formula is C13H13Br3N2O. The van der Waals surface area contributed by atoms with E-state index in [9.17, 15) is 0 Å². The molecule has 1 aromatic carbocycles. The van der Waals surface area contributed by atoms with Crippen LogP contribution in [-0.2, 0) is 19.0 Å². The van der Waals surface area contributed by atoms with Crippen molar-refractivity contribution in [3.63, 3.8) is 0 Å². The number of rotatable bonds is 4. The molecule has 0 spiro atoms. The van der Waals surface area contributed by atoms with Crippen LogP contribution < -0.4 is 4.74 Å². The lowest BCUT2D eigenvalue weighted by Crippen LogP contribution is -2.03. The van der Waals surface area contributed by atoms with E-state index in [0.29, 0.717) is 6.61 Å². The maximum atomic E-state index is 5.88. The number of aromatic nitrogens is 2. The fourth-order valence-corrected chi connectivity index (χ4v) is 3.61. The van der Waals surface area contributed by atoms with E-state index in [2.05, 4.69) is 52.9 Å². The Morgan fingerprint density at radius 2 is 1.84 bits per heavy atom. The summed E-state index contributed by atoms with van der Waals surface area (Å²) in [6.45, 7) is 2.46. The van der Waals surface area contributed by atoms with E-state index < -0.39 is 0 Å². The fourth-order valence-electron chi connectivity index (χ4n) is 1.77. The number of alkyl halides is 1. The molecule has 0 saturated heterocycles. The van der Waals surface area contributed by atoms with Crippen LogP contribution in [0.5, 0.6) is 5.75 Å². The molecule has 0 fully saturated rings. The molecule has 0 aliphatic carbocycles. The molecule has 2 rings (SSSR count). The maximum absolute atomic E-state index is 5.88. The first-order valence-electron chi connectivity index (χ1n) is 5.67. The van der Waals surface area contributed by atoms with Gasteiger partial charge in [-0.1, -0.05) is 15.9 Å². The molecule has 1 heterocycles. The molecule has 0 saturated carbocycles. The highest BCUT2D eigenvalue weighted by molar-refractivity contribution is 9.11. The SMILES string of the molecule is Cc1cc(COc2c(Br)cc(CBr)cc2Br)n(C)n1. The van der Waals surface area contributed by atoms with Crippen molar-refractivity contribution in [1.82, 2.24) is 9.78 Å². The smallest absolute Gasteiger partial charge is 0.148 e. The van der Waals surface area contributed by atoms with Gasteiger partial charge in [0.1, 0.15) is 12.4 Å². The van der Waals surface area contributed by atoms with Crippen molar-refractivity contribution in [1.29, 1.82) is 0 Å². The van der Waals surface area contributed by atoms with Gasteiger partial charge in [-0.2, -0.15) is 5.10 Å². The van der Waals surface area contributed by atoms with Crippen LogP contribution in [0.25, 0.3) is 0 Å². The summed E-state index contributed by atoms with van der Waals surface area (Å²) in [5.74, 6) is 0.809. The minimum absolute atomic E-state index is 0.488. The van der Waals surface area contributed by atoms with Crippen molar-refractivity contribution in [3.8, 4) is 5.75 Å². The Bertz CT molecular complexity index is 573. The normalized spacial score (nSPS) is 10.8. The van der Waals surface area contributed by atoms with Crippen molar-refractivity contribution in [2.75, 3.05) is 0 Å². The summed E-state index contributed by atoms with van der Waals surface area (Å²) in [7, 11) is 1.92. The van der Waals surface area contributed by atoms with Gasteiger partial charge in [-0.05, 0) is 62.5 Å². The Hall–Kier alpha value is -0.330. The number of halogens is 3. The van der Waals surface area contributed by atoms with Gasteiger partial charge in [0, 0.05) is 12.4 Å². The van der Waals surface area contributed by atoms with E-state index in [1.165, 1.54) is 5.56 Å². The maximum Gasteiger partial charge on any atom is 0.148 e. The number of hydrogen-bond donors (Lipinski definition) is 0. The van der Waals surface area contributed by atoms with Gasteiger partial charge in [0.25, 0.3) is 0 Å². The number of benzene rings is 1. The summed E-state index contributed by atoms with van der Waals surface area (Å²) in [5, 5.41) is 5.11. The number of nitrogens with zero attached hydrogens (tertiary/aromatic N) is 2. The molecule has 0 radical (unpaired) electrons. The predicted octanol–water partition coefficient (Wildman–Crippen LogP) is 4.73. The van der Waals surface area contributed by atoms with E-state index in [1.807, 2.05) is 36.9 Å².